The van der Waals surface area contributed by atoms with Gasteiger partial charge >= 0.3 is 0 Å². The van der Waals surface area contributed by atoms with E-state index in [2.05, 4.69) is 15.6 Å². The molecule has 0 aliphatic heterocycles. The van der Waals surface area contributed by atoms with Crippen LogP contribution < -0.4 is 15.4 Å². The minimum absolute atomic E-state index is 0.0281. The number of carbonyl (C=O) groups excluding carboxylic acids is 2. The highest BCUT2D eigenvalue weighted by atomic mass is 16.5. The van der Waals surface area contributed by atoms with Gasteiger partial charge in [-0.1, -0.05) is 50.2 Å². The first-order valence-electron chi connectivity index (χ1n) is 9.57. The van der Waals surface area contributed by atoms with Gasteiger partial charge in [0.25, 0.3) is 0 Å². The second-order valence-corrected chi connectivity index (χ2v) is 7.34. The van der Waals surface area contributed by atoms with Crippen molar-refractivity contribution in [3.8, 4) is 5.88 Å². The molecule has 1 aromatic heterocycles. The Morgan fingerprint density at radius 3 is 2.29 bits per heavy atom. The number of pyridine rings is 1. The van der Waals surface area contributed by atoms with E-state index in [1.807, 2.05) is 64.1 Å². The number of rotatable bonds is 9. The van der Waals surface area contributed by atoms with Gasteiger partial charge in [0.1, 0.15) is 6.04 Å². The fourth-order valence-corrected chi connectivity index (χ4v) is 2.67. The van der Waals surface area contributed by atoms with Gasteiger partial charge in [-0.3, -0.25) is 9.59 Å². The largest absolute Gasteiger partial charge is 0.475 e. The number of hydrogen-bond acceptors (Lipinski definition) is 4. The molecule has 2 N–H and O–H groups in total. The molecule has 150 valence electrons. The predicted molar refractivity (Wildman–Crippen MR) is 109 cm³/mol. The number of hydrogen-bond donors (Lipinski definition) is 2. The molecule has 0 radical (unpaired) electrons. The molecule has 1 heterocycles. The van der Waals surface area contributed by atoms with Crippen molar-refractivity contribution in [1.29, 1.82) is 0 Å². The summed E-state index contributed by atoms with van der Waals surface area (Å²) in [4.78, 5) is 29.1. The molecule has 2 aromatic rings. The van der Waals surface area contributed by atoms with Crippen LogP contribution in [0.25, 0.3) is 0 Å². The SMILES string of the molecule is CC(C)Oc1ccc(CNC(=O)C(NC(=O)Cc2ccccc2)C(C)C)cn1. The van der Waals surface area contributed by atoms with E-state index in [4.69, 9.17) is 4.74 Å². The van der Waals surface area contributed by atoms with Crippen LogP contribution in [0.1, 0.15) is 38.8 Å². The van der Waals surface area contributed by atoms with Crippen molar-refractivity contribution in [2.45, 2.75) is 52.8 Å². The average Bonchev–Trinajstić information content (AvgIpc) is 2.65. The molecular formula is C22H29N3O3. The summed E-state index contributed by atoms with van der Waals surface area (Å²) in [5.74, 6) is 0.147. The highest BCUT2D eigenvalue weighted by Crippen LogP contribution is 2.10. The van der Waals surface area contributed by atoms with Gasteiger partial charge in [0, 0.05) is 18.8 Å². The third-order valence-corrected chi connectivity index (χ3v) is 4.09. The fourth-order valence-electron chi connectivity index (χ4n) is 2.67. The van der Waals surface area contributed by atoms with Gasteiger partial charge in [0.05, 0.1) is 12.5 Å². The summed E-state index contributed by atoms with van der Waals surface area (Å²) in [7, 11) is 0. The highest BCUT2D eigenvalue weighted by Gasteiger charge is 2.24. The number of carbonyl (C=O) groups is 2. The Bertz CT molecular complexity index is 758. The van der Waals surface area contributed by atoms with E-state index in [9.17, 15) is 9.59 Å². The zero-order valence-corrected chi connectivity index (χ0v) is 16.9. The lowest BCUT2D eigenvalue weighted by Crippen LogP contribution is -2.49. The normalized spacial score (nSPS) is 11.9. The lowest BCUT2D eigenvalue weighted by atomic mass is 10.0. The fraction of sp³-hybridized carbons (Fsp3) is 0.409. The highest BCUT2D eigenvalue weighted by molar-refractivity contribution is 5.88. The number of nitrogens with one attached hydrogen (secondary N) is 2. The van der Waals surface area contributed by atoms with E-state index in [-0.39, 0.29) is 30.3 Å². The van der Waals surface area contributed by atoms with E-state index < -0.39 is 6.04 Å². The molecule has 0 spiro atoms. The van der Waals surface area contributed by atoms with Crippen LogP contribution in [-0.2, 0) is 22.6 Å². The van der Waals surface area contributed by atoms with Gasteiger partial charge in [-0.05, 0) is 30.9 Å². The van der Waals surface area contributed by atoms with Gasteiger partial charge < -0.3 is 15.4 Å². The lowest BCUT2D eigenvalue weighted by Gasteiger charge is -2.22. The van der Waals surface area contributed by atoms with Gasteiger partial charge in [0.15, 0.2) is 0 Å². The van der Waals surface area contributed by atoms with Gasteiger partial charge in [0.2, 0.25) is 17.7 Å². The molecule has 1 aromatic carbocycles. The van der Waals surface area contributed by atoms with Crippen molar-refractivity contribution in [2.75, 3.05) is 0 Å². The van der Waals surface area contributed by atoms with Crippen molar-refractivity contribution < 1.29 is 14.3 Å². The minimum Gasteiger partial charge on any atom is -0.475 e. The van der Waals surface area contributed by atoms with Crippen molar-refractivity contribution >= 4 is 11.8 Å². The Morgan fingerprint density at radius 2 is 1.71 bits per heavy atom. The average molecular weight is 383 g/mol. The van der Waals surface area contributed by atoms with Crippen LogP contribution >= 0.6 is 0 Å². The Balaban J connectivity index is 1.89. The van der Waals surface area contributed by atoms with Crippen LogP contribution in [0.5, 0.6) is 5.88 Å². The first-order chi connectivity index (χ1) is 13.3. The Hall–Kier alpha value is -2.89. The lowest BCUT2D eigenvalue weighted by molar-refractivity contribution is -0.129. The molecule has 2 rings (SSSR count). The molecule has 2 amide bonds. The molecule has 1 atom stereocenters. The van der Waals surface area contributed by atoms with Crippen LogP contribution in [-0.4, -0.2) is 28.9 Å². The smallest absolute Gasteiger partial charge is 0.243 e. The maximum atomic E-state index is 12.6. The molecule has 28 heavy (non-hydrogen) atoms. The monoisotopic (exact) mass is 383 g/mol. The maximum Gasteiger partial charge on any atom is 0.243 e. The molecule has 0 saturated carbocycles. The van der Waals surface area contributed by atoms with Crippen molar-refractivity contribution in [3.63, 3.8) is 0 Å². The summed E-state index contributed by atoms with van der Waals surface area (Å²) in [6.45, 7) is 8.03. The molecule has 0 aliphatic carbocycles. The molecule has 0 saturated heterocycles. The quantitative estimate of drug-likeness (QED) is 0.698. The van der Waals surface area contributed by atoms with Crippen molar-refractivity contribution in [1.82, 2.24) is 15.6 Å². The van der Waals surface area contributed by atoms with E-state index >= 15 is 0 Å². The van der Waals surface area contributed by atoms with Crippen LogP contribution in [0, 0.1) is 5.92 Å². The van der Waals surface area contributed by atoms with E-state index in [0.717, 1.165) is 11.1 Å². The molecular weight excluding hydrogens is 354 g/mol. The number of amides is 2. The maximum absolute atomic E-state index is 12.6. The van der Waals surface area contributed by atoms with Crippen LogP contribution in [0.15, 0.2) is 48.7 Å². The number of benzene rings is 1. The molecule has 0 bridgehead atoms. The summed E-state index contributed by atoms with van der Waals surface area (Å²) in [5.41, 5.74) is 1.78. The second kappa shape index (κ2) is 10.4. The summed E-state index contributed by atoms with van der Waals surface area (Å²) >= 11 is 0. The first-order valence-corrected chi connectivity index (χ1v) is 9.57. The summed E-state index contributed by atoms with van der Waals surface area (Å²) < 4.78 is 5.51. The van der Waals surface area contributed by atoms with Gasteiger partial charge in [-0.2, -0.15) is 0 Å². The predicted octanol–water partition coefficient (Wildman–Crippen LogP) is 2.87. The Labute approximate surface area is 166 Å². The molecule has 1 unspecified atom stereocenters. The van der Waals surface area contributed by atoms with Gasteiger partial charge in [-0.15, -0.1) is 0 Å². The van der Waals surface area contributed by atoms with Crippen molar-refractivity contribution in [3.05, 3.63) is 59.8 Å². The van der Waals surface area contributed by atoms with Crippen LogP contribution in [0.2, 0.25) is 0 Å². The van der Waals surface area contributed by atoms with Crippen LogP contribution in [0.3, 0.4) is 0 Å². The third kappa shape index (κ3) is 7.02. The number of nitrogens with zero attached hydrogens (tertiary/aromatic N) is 1. The van der Waals surface area contributed by atoms with Crippen LogP contribution in [0.4, 0.5) is 0 Å². The topological polar surface area (TPSA) is 80.3 Å². The van der Waals surface area contributed by atoms with Crippen molar-refractivity contribution in [2.24, 2.45) is 5.92 Å². The molecule has 6 heteroatoms. The summed E-state index contributed by atoms with van der Waals surface area (Å²) in [5, 5.41) is 5.72. The third-order valence-electron chi connectivity index (χ3n) is 4.09. The number of aromatic nitrogens is 1. The van der Waals surface area contributed by atoms with E-state index in [1.165, 1.54) is 0 Å². The van der Waals surface area contributed by atoms with E-state index in [0.29, 0.717) is 12.4 Å². The number of ether oxygens (including phenoxy) is 1. The minimum atomic E-state index is -0.590. The Morgan fingerprint density at radius 1 is 1.00 bits per heavy atom. The molecule has 6 nitrogen and oxygen atoms in total. The second-order valence-electron chi connectivity index (χ2n) is 7.34. The molecule has 0 aliphatic rings. The standard InChI is InChI=1S/C22H29N3O3/c1-15(2)21(25-19(26)12-17-8-6-5-7-9-17)22(27)24-14-18-10-11-20(23-13-18)28-16(3)4/h5-11,13,15-16,21H,12,14H2,1-4H3,(H,24,27)(H,25,26). The Kier molecular flexibility index (Phi) is 7.99. The zero-order valence-electron chi connectivity index (χ0n) is 16.9. The summed E-state index contributed by atoms with van der Waals surface area (Å²) in [6.07, 6.45) is 1.99. The molecule has 0 fully saturated rings. The summed E-state index contributed by atoms with van der Waals surface area (Å²) in [6, 6.07) is 12.5. The zero-order chi connectivity index (χ0) is 20.5. The first kappa shape index (κ1) is 21.4. The van der Waals surface area contributed by atoms with Gasteiger partial charge in [-0.25, -0.2) is 4.98 Å². The van der Waals surface area contributed by atoms with E-state index in [1.54, 1.807) is 12.3 Å².